The molecule has 0 saturated carbocycles. The highest BCUT2D eigenvalue weighted by Crippen LogP contribution is 2.35. The second kappa shape index (κ2) is 10.8. The summed E-state index contributed by atoms with van der Waals surface area (Å²) in [5, 5.41) is 1.75. The van der Waals surface area contributed by atoms with Crippen molar-refractivity contribution < 1.29 is 19.0 Å². The van der Waals surface area contributed by atoms with Crippen molar-refractivity contribution in [3.05, 3.63) is 49.4 Å². The number of allylic oxidation sites excluding steroid dienone is 4. The van der Waals surface area contributed by atoms with Crippen LogP contribution in [0, 0.1) is 0 Å². The van der Waals surface area contributed by atoms with Crippen LogP contribution in [-0.2, 0) is 19.0 Å². The summed E-state index contributed by atoms with van der Waals surface area (Å²) in [6.45, 7) is 8.12. The number of piperidine rings is 1. The van der Waals surface area contributed by atoms with E-state index < -0.39 is 5.91 Å². The highest BCUT2D eigenvalue weighted by Gasteiger charge is 2.49. The van der Waals surface area contributed by atoms with Crippen LogP contribution >= 0.6 is 0 Å². The molecule has 0 aliphatic carbocycles. The Hall–Kier alpha value is -1.88. The van der Waals surface area contributed by atoms with E-state index in [4.69, 9.17) is 19.0 Å². The minimum atomic E-state index is -0.999. The van der Waals surface area contributed by atoms with Gasteiger partial charge in [-0.3, -0.25) is 0 Å². The molecule has 1 atom stereocenters. The fourth-order valence-electron chi connectivity index (χ4n) is 2.37. The van der Waals surface area contributed by atoms with Gasteiger partial charge in [-0.15, -0.1) is 0 Å². The highest BCUT2D eigenvalue weighted by atomic mass is 16.8. The first kappa shape index (κ1) is 19.2. The maximum absolute atomic E-state index is 5.91. The first-order valence-electron chi connectivity index (χ1n) is 8.12. The summed E-state index contributed by atoms with van der Waals surface area (Å²) in [5.74, 6) is -0.999. The van der Waals surface area contributed by atoms with Gasteiger partial charge in [-0.2, -0.15) is 0 Å². The zero-order valence-corrected chi connectivity index (χ0v) is 14.6. The Labute approximate surface area is 139 Å². The first-order chi connectivity index (χ1) is 11.2. The summed E-state index contributed by atoms with van der Waals surface area (Å²) in [4.78, 5) is 5.82. The number of hydrogen-bond donors (Lipinski definition) is 0. The van der Waals surface area contributed by atoms with Crippen LogP contribution in [0.25, 0.3) is 0 Å². The van der Waals surface area contributed by atoms with Gasteiger partial charge in [-0.1, -0.05) is 29.4 Å². The van der Waals surface area contributed by atoms with Crippen molar-refractivity contribution in [2.45, 2.75) is 58.9 Å². The van der Waals surface area contributed by atoms with Gasteiger partial charge < -0.3 is 19.0 Å². The van der Waals surface area contributed by atoms with Gasteiger partial charge >= 0.3 is 5.91 Å². The first-order valence-corrected chi connectivity index (χ1v) is 8.12. The van der Waals surface area contributed by atoms with E-state index in [1.54, 1.807) is 30.1 Å². The summed E-state index contributed by atoms with van der Waals surface area (Å²) >= 11 is 0. The number of rotatable bonds is 9. The van der Waals surface area contributed by atoms with E-state index in [-0.39, 0.29) is 6.04 Å². The summed E-state index contributed by atoms with van der Waals surface area (Å²) < 4.78 is 17.4. The molecule has 1 heterocycles. The molecule has 0 aromatic rings. The van der Waals surface area contributed by atoms with Crippen LogP contribution in [0.3, 0.4) is 0 Å². The molecule has 5 nitrogen and oxygen atoms in total. The van der Waals surface area contributed by atoms with Gasteiger partial charge in [0.2, 0.25) is 0 Å². The van der Waals surface area contributed by atoms with Gasteiger partial charge in [0.1, 0.15) is 12.9 Å². The molecule has 130 valence electrons. The molecule has 5 heteroatoms. The van der Waals surface area contributed by atoms with E-state index in [1.807, 2.05) is 52.0 Å². The lowest BCUT2D eigenvalue weighted by Crippen LogP contribution is -2.58. The molecule has 0 aromatic carbocycles. The van der Waals surface area contributed by atoms with Gasteiger partial charge in [0.05, 0.1) is 24.8 Å². The quantitative estimate of drug-likeness (QED) is 0.458. The smallest absolute Gasteiger partial charge is 0.346 e. The summed E-state index contributed by atoms with van der Waals surface area (Å²) in [6, 6.07) is 0.0201. The predicted octanol–water partition coefficient (Wildman–Crippen LogP) is 4.61. The fourth-order valence-corrected chi connectivity index (χ4v) is 2.37. The Balaban J connectivity index is 3.03. The van der Waals surface area contributed by atoms with Crippen LogP contribution < -0.4 is 0 Å². The predicted molar refractivity (Wildman–Crippen MR) is 90.7 cm³/mol. The van der Waals surface area contributed by atoms with Crippen LogP contribution in [0.15, 0.2) is 49.4 Å². The molecule has 1 saturated heterocycles. The molecule has 0 spiro atoms. The van der Waals surface area contributed by atoms with Gasteiger partial charge in [0.15, 0.2) is 0 Å². The van der Waals surface area contributed by atoms with Gasteiger partial charge in [-0.05, 0) is 40.5 Å². The van der Waals surface area contributed by atoms with Crippen molar-refractivity contribution in [3.63, 3.8) is 0 Å². The van der Waals surface area contributed by atoms with E-state index in [2.05, 4.69) is 0 Å². The molecule has 1 rings (SSSR count). The normalized spacial score (nSPS) is 22.3. The Kier molecular flexibility index (Phi) is 8.98. The third kappa shape index (κ3) is 5.67. The largest absolute Gasteiger partial charge is 0.500 e. The molecule has 23 heavy (non-hydrogen) atoms. The molecule has 0 N–H and O–H groups in total. The zero-order chi connectivity index (χ0) is 17.0. The van der Waals surface area contributed by atoms with Gasteiger partial charge in [0, 0.05) is 6.42 Å². The van der Waals surface area contributed by atoms with Gasteiger partial charge in [-0.25, -0.2) is 0 Å². The maximum Gasteiger partial charge on any atom is 0.346 e. The Morgan fingerprint density at radius 1 is 0.913 bits per heavy atom. The van der Waals surface area contributed by atoms with E-state index in [9.17, 15) is 0 Å². The number of hydrogen-bond acceptors (Lipinski definition) is 5. The SMILES string of the molecule is C/C=C/OCC1CCCC(O/C=C/C)(O/C=C/C)N1O/C=C/C. The molecule has 1 aliphatic rings. The molecule has 1 aliphatic heterocycles. The minimum Gasteiger partial charge on any atom is -0.500 e. The van der Waals surface area contributed by atoms with Crippen molar-refractivity contribution in [2.75, 3.05) is 6.61 Å². The summed E-state index contributed by atoms with van der Waals surface area (Å²) in [6.07, 6.45) is 16.5. The molecule has 0 bridgehead atoms. The molecule has 1 unspecified atom stereocenters. The minimum absolute atomic E-state index is 0.0201. The van der Waals surface area contributed by atoms with E-state index >= 15 is 0 Å². The third-order valence-corrected chi connectivity index (χ3v) is 3.31. The lowest BCUT2D eigenvalue weighted by atomic mass is 10.0. The fraction of sp³-hybridized carbons (Fsp3) is 0.556. The summed E-state index contributed by atoms with van der Waals surface area (Å²) in [5.41, 5.74) is 0. The third-order valence-electron chi connectivity index (χ3n) is 3.31. The molecular formula is C18H29NO4. The zero-order valence-electron chi connectivity index (χ0n) is 14.6. The number of nitrogens with zero attached hydrogens (tertiary/aromatic N) is 1. The highest BCUT2D eigenvalue weighted by molar-refractivity contribution is 4.87. The second-order valence-corrected chi connectivity index (χ2v) is 5.14. The van der Waals surface area contributed by atoms with Crippen LogP contribution in [0.4, 0.5) is 0 Å². The monoisotopic (exact) mass is 323 g/mol. The number of ether oxygens (including phenoxy) is 3. The van der Waals surface area contributed by atoms with Crippen LogP contribution in [-0.4, -0.2) is 23.6 Å². The van der Waals surface area contributed by atoms with Gasteiger partial charge in [0.25, 0.3) is 0 Å². The molecule has 1 fully saturated rings. The van der Waals surface area contributed by atoms with Crippen molar-refractivity contribution in [2.24, 2.45) is 0 Å². The molecule has 0 aromatic heterocycles. The average molecular weight is 323 g/mol. The van der Waals surface area contributed by atoms with Crippen molar-refractivity contribution >= 4 is 0 Å². The van der Waals surface area contributed by atoms with Crippen molar-refractivity contribution in [1.29, 1.82) is 0 Å². The standard InChI is InChI=1S/C18H29NO4/c1-5-12-20-16-17-10-9-11-18(21-13-6-2,22-14-7-3)19(17)23-15-8-4/h5-8,12-15,17H,9-11,16H2,1-4H3/b12-5+,13-6+,14-7+,15-8+. The van der Waals surface area contributed by atoms with Crippen LogP contribution in [0.5, 0.6) is 0 Å². The Morgan fingerprint density at radius 2 is 1.52 bits per heavy atom. The van der Waals surface area contributed by atoms with E-state index in [0.717, 1.165) is 12.8 Å². The molecule has 0 amide bonds. The summed E-state index contributed by atoms with van der Waals surface area (Å²) in [7, 11) is 0. The Morgan fingerprint density at radius 3 is 2.09 bits per heavy atom. The average Bonchev–Trinajstić information content (AvgIpc) is 2.57. The topological polar surface area (TPSA) is 40.2 Å². The lowest BCUT2D eigenvalue weighted by molar-refractivity contribution is -0.393. The van der Waals surface area contributed by atoms with E-state index in [0.29, 0.717) is 13.0 Å². The van der Waals surface area contributed by atoms with E-state index in [1.165, 1.54) is 0 Å². The van der Waals surface area contributed by atoms with Crippen molar-refractivity contribution in [3.8, 4) is 0 Å². The molecular weight excluding hydrogens is 294 g/mol. The van der Waals surface area contributed by atoms with Crippen LogP contribution in [0.1, 0.15) is 47.0 Å². The van der Waals surface area contributed by atoms with Crippen molar-refractivity contribution in [1.82, 2.24) is 5.06 Å². The lowest BCUT2D eigenvalue weighted by Gasteiger charge is -2.46. The number of hydroxylamine groups is 2. The maximum atomic E-state index is 5.91. The van der Waals surface area contributed by atoms with Crippen LogP contribution in [0.2, 0.25) is 0 Å². The Bertz CT molecular complexity index is 415. The second-order valence-electron chi connectivity index (χ2n) is 5.14. The molecule has 0 radical (unpaired) electrons.